The van der Waals surface area contributed by atoms with E-state index in [0.717, 1.165) is 18.4 Å². The Balaban J connectivity index is 1.91. The number of aromatic nitrogens is 2. The fourth-order valence-corrected chi connectivity index (χ4v) is 2.65. The van der Waals surface area contributed by atoms with Crippen molar-refractivity contribution in [2.75, 3.05) is 0 Å². The topological polar surface area (TPSA) is 96.3 Å². The van der Waals surface area contributed by atoms with Crippen LogP contribution in [0.4, 0.5) is 4.79 Å². The number of aryl methyl sites for hydroxylation is 1. The van der Waals surface area contributed by atoms with E-state index in [1.54, 1.807) is 24.1 Å². The van der Waals surface area contributed by atoms with Crippen molar-refractivity contribution in [2.24, 2.45) is 13.0 Å². The van der Waals surface area contributed by atoms with Crippen LogP contribution in [0.15, 0.2) is 12.4 Å². The van der Waals surface area contributed by atoms with Crippen LogP contribution >= 0.6 is 0 Å². The number of hydrogen-bond donors (Lipinski definition) is 3. The number of carboxylic acids is 1. The molecule has 21 heavy (non-hydrogen) atoms. The quantitative estimate of drug-likeness (QED) is 0.778. The molecule has 1 heterocycles. The predicted molar refractivity (Wildman–Crippen MR) is 76.6 cm³/mol. The molecule has 1 aromatic rings. The predicted octanol–water partition coefficient (Wildman–Crippen LogP) is 1.25. The molecule has 0 atom stereocenters. The number of nitrogens with zero attached hydrogens (tertiary/aromatic N) is 2. The summed E-state index contributed by atoms with van der Waals surface area (Å²) in [6.07, 6.45) is 6.04. The second-order valence-electron chi connectivity index (χ2n) is 5.90. The number of carboxylic acid groups (broad SMARTS) is 1. The molecular weight excluding hydrogens is 272 g/mol. The first-order chi connectivity index (χ1) is 9.91. The molecule has 0 radical (unpaired) electrons. The highest BCUT2D eigenvalue weighted by molar-refractivity contribution is 5.86. The second-order valence-corrected chi connectivity index (χ2v) is 5.90. The highest BCUT2D eigenvalue weighted by atomic mass is 16.4. The van der Waals surface area contributed by atoms with Gasteiger partial charge in [-0.25, -0.2) is 9.59 Å². The Kier molecular flexibility index (Phi) is 4.50. The van der Waals surface area contributed by atoms with E-state index in [1.807, 2.05) is 0 Å². The Hall–Kier alpha value is -2.05. The number of nitrogens with one attached hydrogen (secondary N) is 2. The molecule has 116 valence electrons. The Bertz CT molecular complexity index is 518. The van der Waals surface area contributed by atoms with E-state index in [-0.39, 0.29) is 0 Å². The average molecular weight is 294 g/mol. The Morgan fingerprint density at radius 2 is 2.14 bits per heavy atom. The fourth-order valence-electron chi connectivity index (χ4n) is 2.65. The number of urea groups is 1. The normalized spacial score (nSPS) is 25.3. The van der Waals surface area contributed by atoms with Crippen LogP contribution in [0.3, 0.4) is 0 Å². The molecule has 0 aliphatic heterocycles. The lowest BCUT2D eigenvalue weighted by atomic mass is 9.77. The largest absolute Gasteiger partial charge is 0.480 e. The van der Waals surface area contributed by atoms with Crippen LogP contribution in [0.2, 0.25) is 0 Å². The van der Waals surface area contributed by atoms with Gasteiger partial charge >= 0.3 is 12.0 Å². The first kappa shape index (κ1) is 15.3. The number of rotatable bonds is 4. The molecule has 1 saturated carbocycles. The summed E-state index contributed by atoms with van der Waals surface area (Å²) in [5.74, 6) is -0.441. The van der Waals surface area contributed by atoms with Crippen molar-refractivity contribution in [3.8, 4) is 0 Å². The molecule has 0 aromatic carbocycles. The van der Waals surface area contributed by atoms with E-state index in [2.05, 4.69) is 22.7 Å². The van der Waals surface area contributed by atoms with Crippen molar-refractivity contribution in [1.29, 1.82) is 0 Å². The molecule has 0 bridgehead atoms. The summed E-state index contributed by atoms with van der Waals surface area (Å²) in [5.41, 5.74) is -0.264. The molecule has 1 aromatic heterocycles. The maximum atomic E-state index is 12.0. The lowest BCUT2D eigenvalue weighted by molar-refractivity contribution is -0.146. The van der Waals surface area contributed by atoms with Gasteiger partial charge in [0.05, 0.1) is 6.20 Å². The van der Waals surface area contributed by atoms with E-state index >= 15 is 0 Å². The van der Waals surface area contributed by atoms with E-state index in [4.69, 9.17) is 0 Å². The standard InChI is InChI=1S/C14H22N4O3/c1-10-3-5-14(6-4-10,12(19)20)17-13(21)15-7-11-8-16-18(2)9-11/h8-10H,3-7H2,1-2H3,(H,19,20)(H2,15,17,21). The van der Waals surface area contributed by atoms with Gasteiger partial charge in [-0.1, -0.05) is 6.92 Å². The molecule has 0 saturated heterocycles. The van der Waals surface area contributed by atoms with Gasteiger partial charge in [-0.2, -0.15) is 5.10 Å². The molecule has 2 amide bonds. The highest BCUT2D eigenvalue weighted by Crippen LogP contribution is 2.32. The van der Waals surface area contributed by atoms with Gasteiger partial charge in [-0.05, 0) is 31.6 Å². The van der Waals surface area contributed by atoms with Crippen LogP contribution in [-0.4, -0.2) is 32.4 Å². The number of carbonyl (C=O) groups excluding carboxylic acids is 1. The maximum Gasteiger partial charge on any atom is 0.329 e. The minimum atomic E-state index is -1.13. The maximum absolute atomic E-state index is 12.0. The number of carbonyl (C=O) groups is 2. The smallest absolute Gasteiger partial charge is 0.329 e. The lowest BCUT2D eigenvalue weighted by Crippen LogP contribution is -2.58. The van der Waals surface area contributed by atoms with Crippen molar-refractivity contribution in [1.82, 2.24) is 20.4 Å². The molecule has 0 spiro atoms. The molecule has 3 N–H and O–H groups in total. The summed E-state index contributed by atoms with van der Waals surface area (Å²) >= 11 is 0. The van der Waals surface area contributed by atoms with Crippen molar-refractivity contribution >= 4 is 12.0 Å². The lowest BCUT2D eigenvalue weighted by Gasteiger charge is -2.36. The van der Waals surface area contributed by atoms with Crippen LogP contribution < -0.4 is 10.6 Å². The second kappa shape index (κ2) is 6.15. The minimum Gasteiger partial charge on any atom is -0.480 e. The Morgan fingerprint density at radius 1 is 1.48 bits per heavy atom. The summed E-state index contributed by atoms with van der Waals surface area (Å²) in [6, 6.07) is -0.448. The molecular formula is C14H22N4O3. The van der Waals surface area contributed by atoms with Gasteiger partial charge in [0.25, 0.3) is 0 Å². The number of amides is 2. The van der Waals surface area contributed by atoms with E-state index in [9.17, 15) is 14.7 Å². The van der Waals surface area contributed by atoms with Crippen molar-refractivity contribution in [3.05, 3.63) is 18.0 Å². The van der Waals surface area contributed by atoms with Crippen molar-refractivity contribution < 1.29 is 14.7 Å². The molecule has 1 aliphatic rings. The zero-order valence-corrected chi connectivity index (χ0v) is 12.4. The van der Waals surface area contributed by atoms with Crippen LogP contribution in [0, 0.1) is 5.92 Å². The third-order valence-electron chi connectivity index (χ3n) is 4.10. The summed E-state index contributed by atoms with van der Waals surface area (Å²) in [6.45, 7) is 2.43. The Labute approximate surface area is 123 Å². The van der Waals surface area contributed by atoms with Crippen LogP contribution in [-0.2, 0) is 18.4 Å². The van der Waals surface area contributed by atoms with Gasteiger partial charge in [0, 0.05) is 25.4 Å². The number of hydrogen-bond acceptors (Lipinski definition) is 3. The van der Waals surface area contributed by atoms with Gasteiger partial charge in [0.2, 0.25) is 0 Å². The van der Waals surface area contributed by atoms with Crippen LogP contribution in [0.25, 0.3) is 0 Å². The third-order valence-corrected chi connectivity index (χ3v) is 4.10. The molecule has 7 nitrogen and oxygen atoms in total. The summed E-state index contributed by atoms with van der Waals surface area (Å²) in [5, 5.41) is 18.8. The first-order valence-corrected chi connectivity index (χ1v) is 7.18. The first-order valence-electron chi connectivity index (χ1n) is 7.18. The molecule has 1 aliphatic carbocycles. The van der Waals surface area contributed by atoms with E-state index < -0.39 is 17.5 Å². The Morgan fingerprint density at radius 3 is 2.67 bits per heavy atom. The van der Waals surface area contributed by atoms with E-state index in [0.29, 0.717) is 25.3 Å². The van der Waals surface area contributed by atoms with E-state index in [1.165, 1.54) is 0 Å². The zero-order chi connectivity index (χ0) is 15.5. The molecule has 2 rings (SSSR count). The SMILES string of the molecule is CC1CCC(NC(=O)NCc2cnn(C)c2)(C(=O)O)CC1. The van der Waals surface area contributed by atoms with Gasteiger partial charge in [-0.3, -0.25) is 4.68 Å². The molecule has 1 fully saturated rings. The van der Waals surface area contributed by atoms with Gasteiger partial charge in [-0.15, -0.1) is 0 Å². The average Bonchev–Trinajstić information content (AvgIpc) is 2.85. The van der Waals surface area contributed by atoms with Crippen LogP contribution in [0.5, 0.6) is 0 Å². The third kappa shape index (κ3) is 3.74. The van der Waals surface area contributed by atoms with Gasteiger partial charge < -0.3 is 15.7 Å². The highest BCUT2D eigenvalue weighted by Gasteiger charge is 2.42. The summed E-state index contributed by atoms with van der Waals surface area (Å²) in [4.78, 5) is 23.5. The monoisotopic (exact) mass is 294 g/mol. The zero-order valence-electron chi connectivity index (χ0n) is 12.4. The van der Waals surface area contributed by atoms with Crippen LogP contribution in [0.1, 0.15) is 38.2 Å². The number of aliphatic carboxylic acids is 1. The molecule has 0 unspecified atom stereocenters. The van der Waals surface area contributed by atoms with Crippen molar-refractivity contribution in [2.45, 2.75) is 44.7 Å². The van der Waals surface area contributed by atoms with Crippen molar-refractivity contribution in [3.63, 3.8) is 0 Å². The minimum absolute atomic E-state index is 0.325. The van der Waals surface area contributed by atoms with Gasteiger partial charge in [0.1, 0.15) is 5.54 Å². The fraction of sp³-hybridized carbons (Fsp3) is 0.643. The summed E-state index contributed by atoms with van der Waals surface area (Å²) < 4.78 is 1.65. The van der Waals surface area contributed by atoms with Gasteiger partial charge in [0.15, 0.2) is 0 Å². The molecule has 7 heteroatoms. The summed E-state index contributed by atoms with van der Waals surface area (Å²) in [7, 11) is 1.80.